The molecule has 22 heavy (non-hydrogen) atoms. The molecule has 0 saturated heterocycles. The predicted octanol–water partition coefficient (Wildman–Crippen LogP) is 2.43. The molecule has 1 aromatic carbocycles. The summed E-state index contributed by atoms with van der Waals surface area (Å²) in [6, 6.07) is 6.77. The van der Waals surface area contributed by atoms with Gasteiger partial charge in [0.05, 0.1) is 12.8 Å². The molecule has 0 fully saturated rings. The minimum absolute atomic E-state index is 0.0111. The lowest BCUT2D eigenvalue weighted by molar-refractivity contribution is 0.414. The number of aromatic nitrogens is 2. The average molecular weight is 344 g/mol. The van der Waals surface area contributed by atoms with E-state index in [1.54, 1.807) is 40.1 Å². The number of aryl methyl sites for hydroxylation is 2. The lowest BCUT2D eigenvalue weighted by Crippen LogP contribution is -2.27. The van der Waals surface area contributed by atoms with Crippen molar-refractivity contribution < 1.29 is 13.2 Å². The Kier molecular flexibility index (Phi) is 4.79. The molecule has 8 heteroatoms. The van der Waals surface area contributed by atoms with Crippen LogP contribution in [0.15, 0.2) is 29.2 Å². The van der Waals surface area contributed by atoms with Crippen molar-refractivity contribution in [3.05, 3.63) is 40.7 Å². The second-order valence-corrected chi connectivity index (χ2v) is 6.95. The summed E-state index contributed by atoms with van der Waals surface area (Å²) in [5, 5.41) is 4.12. The van der Waals surface area contributed by atoms with Crippen molar-refractivity contribution in [2.24, 2.45) is 7.05 Å². The van der Waals surface area contributed by atoms with E-state index in [1.807, 2.05) is 12.1 Å². The van der Waals surface area contributed by atoms with Gasteiger partial charge in [-0.25, -0.2) is 13.1 Å². The molecule has 0 bridgehead atoms. The van der Waals surface area contributed by atoms with E-state index in [9.17, 15) is 8.42 Å². The minimum Gasteiger partial charge on any atom is -0.497 e. The summed E-state index contributed by atoms with van der Waals surface area (Å²) < 4.78 is 34.1. The summed E-state index contributed by atoms with van der Waals surface area (Å²) in [5.41, 5.74) is 1.18. The molecule has 120 valence electrons. The third-order valence-electron chi connectivity index (χ3n) is 3.32. The van der Waals surface area contributed by atoms with Gasteiger partial charge in [0.15, 0.2) is 0 Å². The van der Waals surface area contributed by atoms with Crippen molar-refractivity contribution in [2.75, 3.05) is 7.11 Å². The first kappa shape index (κ1) is 16.8. The van der Waals surface area contributed by atoms with Crippen molar-refractivity contribution >= 4 is 21.6 Å². The number of benzene rings is 1. The summed E-state index contributed by atoms with van der Waals surface area (Å²) in [5.74, 6) is 0.713. The zero-order chi connectivity index (χ0) is 16.5. The quantitative estimate of drug-likeness (QED) is 0.904. The molecule has 1 heterocycles. The molecule has 1 aromatic heterocycles. The number of halogens is 1. The van der Waals surface area contributed by atoms with Gasteiger partial charge in [0.2, 0.25) is 10.0 Å². The van der Waals surface area contributed by atoms with Crippen LogP contribution in [0.5, 0.6) is 5.75 Å². The number of nitrogens with one attached hydrogen (secondary N) is 1. The molecule has 1 N–H and O–H groups in total. The first-order valence-electron chi connectivity index (χ1n) is 6.61. The summed E-state index contributed by atoms with van der Waals surface area (Å²) in [6.07, 6.45) is 0. The van der Waals surface area contributed by atoms with Crippen LogP contribution in [0, 0.1) is 6.92 Å². The monoisotopic (exact) mass is 343 g/mol. The molecule has 2 aromatic rings. The molecule has 1 atom stereocenters. The Morgan fingerprint density at radius 1 is 1.32 bits per heavy atom. The van der Waals surface area contributed by atoms with E-state index >= 15 is 0 Å². The molecule has 2 rings (SSSR count). The van der Waals surface area contributed by atoms with Crippen LogP contribution in [0.3, 0.4) is 0 Å². The molecular weight excluding hydrogens is 326 g/mol. The summed E-state index contributed by atoms with van der Waals surface area (Å²) in [7, 11) is -0.584. The van der Waals surface area contributed by atoms with Crippen LogP contribution < -0.4 is 9.46 Å². The maximum absolute atomic E-state index is 12.5. The molecule has 1 unspecified atom stereocenters. The van der Waals surface area contributed by atoms with E-state index < -0.39 is 16.1 Å². The van der Waals surface area contributed by atoms with Crippen LogP contribution in [-0.2, 0) is 17.1 Å². The molecule has 0 saturated carbocycles. The highest BCUT2D eigenvalue weighted by Crippen LogP contribution is 2.26. The maximum Gasteiger partial charge on any atom is 0.246 e. The maximum atomic E-state index is 12.5. The molecule has 0 aliphatic heterocycles. The second-order valence-electron chi connectivity index (χ2n) is 4.95. The highest BCUT2D eigenvalue weighted by molar-refractivity contribution is 7.89. The number of hydrogen-bond donors (Lipinski definition) is 1. The lowest BCUT2D eigenvalue weighted by Gasteiger charge is -2.15. The van der Waals surface area contributed by atoms with Gasteiger partial charge in [-0.1, -0.05) is 23.7 Å². The fourth-order valence-corrected chi connectivity index (χ4v) is 4.15. The topological polar surface area (TPSA) is 73.2 Å². The van der Waals surface area contributed by atoms with E-state index in [0.29, 0.717) is 11.4 Å². The van der Waals surface area contributed by atoms with Crippen LogP contribution in [-0.4, -0.2) is 25.3 Å². The minimum atomic E-state index is -3.76. The molecule has 0 amide bonds. The van der Waals surface area contributed by atoms with Crippen LogP contribution in [0.25, 0.3) is 0 Å². The van der Waals surface area contributed by atoms with Gasteiger partial charge in [0.25, 0.3) is 0 Å². The van der Waals surface area contributed by atoms with Crippen LogP contribution in [0.2, 0.25) is 5.15 Å². The molecule has 0 aliphatic rings. The number of ether oxygens (including phenoxy) is 1. The summed E-state index contributed by atoms with van der Waals surface area (Å²) in [6.45, 7) is 3.37. The Morgan fingerprint density at radius 3 is 2.36 bits per heavy atom. The Morgan fingerprint density at radius 2 is 1.91 bits per heavy atom. The van der Waals surface area contributed by atoms with Gasteiger partial charge in [-0.05, 0) is 31.5 Å². The lowest BCUT2D eigenvalue weighted by atomic mass is 10.1. The zero-order valence-corrected chi connectivity index (χ0v) is 14.4. The van der Waals surface area contributed by atoms with Crippen molar-refractivity contribution in [3.63, 3.8) is 0 Å². The Hall–Kier alpha value is -1.57. The fourth-order valence-electron chi connectivity index (χ4n) is 2.17. The van der Waals surface area contributed by atoms with E-state index in [0.717, 1.165) is 5.56 Å². The SMILES string of the molecule is COc1ccc(C(C)NS(=O)(=O)c2c(C)nn(C)c2Cl)cc1. The number of rotatable bonds is 5. The van der Waals surface area contributed by atoms with E-state index in [-0.39, 0.29) is 10.0 Å². The van der Waals surface area contributed by atoms with Gasteiger partial charge >= 0.3 is 0 Å². The summed E-state index contributed by atoms with van der Waals surface area (Å²) >= 11 is 6.03. The normalized spacial score (nSPS) is 13.1. The molecule has 6 nitrogen and oxygen atoms in total. The van der Waals surface area contributed by atoms with Gasteiger partial charge in [-0.2, -0.15) is 5.10 Å². The Balaban J connectivity index is 2.27. The highest BCUT2D eigenvalue weighted by atomic mass is 35.5. The van der Waals surface area contributed by atoms with E-state index in [2.05, 4.69) is 9.82 Å². The van der Waals surface area contributed by atoms with Gasteiger partial charge in [0.1, 0.15) is 15.8 Å². The smallest absolute Gasteiger partial charge is 0.246 e. The third kappa shape index (κ3) is 3.26. The van der Waals surface area contributed by atoms with Crippen LogP contribution in [0.4, 0.5) is 0 Å². The predicted molar refractivity (Wildman–Crippen MR) is 84.7 cm³/mol. The Bertz CT molecular complexity index is 769. The van der Waals surface area contributed by atoms with Crippen molar-refractivity contribution in [1.82, 2.24) is 14.5 Å². The molecule has 0 spiro atoms. The third-order valence-corrected chi connectivity index (χ3v) is 5.55. The highest BCUT2D eigenvalue weighted by Gasteiger charge is 2.27. The van der Waals surface area contributed by atoms with E-state index in [4.69, 9.17) is 16.3 Å². The number of nitrogens with zero attached hydrogens (tertiary/aromatic N) is 2. The first-order valence-corrected chi connectivity index (χ1v) is 8.47. The largest absolute Gasteiger partial charge is 0.497 e. The van der Waals surface area contributed by atoms with Crippen LogP contribution >= 0.6 is 11.6 Å². The molecule has 0 radical (unpaired) electrons. The molecular formula is C14H18ClN3O3S. The van der Waals surface area contributed by atoms with Gasteiger partial charge in [-0.15, -0.1) is 0 Å². The van der Waals surface area contributed by atoms with Gasteiger partial charge in [0, 0.05) is 13.1 Å². The van der Waals surface area contributed by atoms with Crippen molar-refractivity contribution in [2.45, 2.75) is 24.8 Å². The Labute approximate surface area is 135 Å². The number of sulfonamides is 1. The van der Waals surface area contributed by atoms with Crippen molar-refractivity contribution in [1.29, 1.82) is 0 Å². The second kappa shape index (κ2) is 6.28. The van der Waals surface area contributed by atoms with Gasteiger partial charge < -0.3 is 4.74 Å². The standard InChI is InChI=1S/C14H18ClN3O3S/c1-9(11-5-7-12(21-4)8-6-11)17-22(19,20)13-10(2)16-18(3)14(13)15/h5-9,17H,1-4H3. The van der Waals surface area contributed by atoms with E-state index in [1.165, 1.54) is 4.68 Å². The zero-order valence-electron chi connectivity index (χ0n) is 12.8. The fraction of sp³-hybridized carbons (Fsp3) is 0.357. The number of hydrogen-bond acceptors (Lipinski definition) is 4. The first-order chi connectivity index (χ1) is 10.3. The summed E-state index contributed by atoms with van der Waals surface area (Å²) in [4.78, 5) is 0.0111. The van der Waals surface area contributed by atoms with Gasteiger partial charge in [-0.3, -0.25) is 4.68 Å². The molecule has 0 aliphatic carbocycles. The van der Waals surface area contributed by atoms with Crippen LogP contribution in [0.1, 0.15) is 24.2 Å². The van der Waals surface area contributed by atoms with Crippen molar-refractivity contribution in [3.8, 4) is 5.75 Å². The number of methoxy groups -OCH3 is 1. The average Bonchev–Trinajstić information content (AvgIpc) is 2.72.